The molecule has 0 bridgehead atoms. The Morgan fingerprint density at radius 1 is 1.75 bits per heavy atom. The maximum absolute atomic E-state index is 3.56. The highest BCUT2D eigenvalue weighted by atomic mass is 14.8. The van der Waals surface area contributed by atoms with Gasteiger partial charge in [-0.05, 0) is 12.1 Å². The minimum absolute atomic E-state index is 0.771. The summed E-state index contributed by atoms with van der Waals surface area (Å²) in [4.78, 5) is 0. The van der Waals surface area contributed by atoms with E-state index < -0.39 is 0 Å². The van der Waals surface area contributed by atoms with Crippen LogP contribution < -0.4 is 5.32 Å². The standard InChI is InChI=1S/C7H15N/c1-4-7(3)6-8-5-2/h5,7-8H,2,4,6H2,1,3H3. The van der Waals surface area contributed by atoms with Crippen LogP contribution in [0.5, 0.6) is 0 Å². The third kappa shape index (κ3) is 3.72. The molecule has 0 fully saturated rings. The number of nitrogens with one attached hydrogen (secondary N) is 1. The first-order valence-electron chi connectivity index (χ1n) is 3.15. The van der Waals surface area contributed by atoms with Crippen molar-refractivity contribution in [2.75, 3.05) is 6.54 Å². The fraction of sp³-hybridized carbons (Fsp3) is 0.714. The van der Waals surface area contributed by atoms with Gasteiger partial charge in [-0.3, -0.25) is 0 Å². The Hall–Kier alpha value is -0.460. The van der Waals surface area contributed by atoms with E-state index in [1.165, 1.54) is 6.42 Å². The molecule has 1 atom stereocenters. The Labute approximate surface area is 51.8 Å². The molecule has 0 spiro atoms. The summed E-state index contributed by atoms with van der Waals surface area (Å²) in [5.41, 5.74) is 0. The van der Waals surface area contributed by atoms with Crippen molar-refractivity contribution < 1.29 is 0 Å². The van der Waals surface area contributed by atoms with Crippen LogP contribution in [0.15, 0.2) is 12.8 Å². The smallest absolute Gasteiger partial charge is 0.0166 e. The topological polar surface area (TPSA) is 12.0 Å². The molecule has 1 heteroatoms. The van der Waals surface area contributed by atoms with Gasteiger partial charge < -0.3 is 5.32 Å². The van der Waals surface area contributed by atoms with Crippen LogP contribution in [0.2, 0.25) is 0 Å². The second kappa shape index (κ2) is 4.69. The molecule has 0 aliphatic heterocycles. The lowest BCUT2D eigenvalue weighted by atomic mass is 10.1. The predicted octanol–water partition coefficient (Wildman–Crippen LogP) is 1.77. The van der Waals surface area contributed by atoms with Crippen molar-refractivity contribution in [1.29, 1.82) is 0 Å². The summed E-state index contributed by atoms with van der Waals surface area (Å²) in [5.74, 6) is 0.771. The second-order valence-electron chi connectivity index (χ2n) is 2.13. The third-order valence-electron chi connectivity index (χ3n) is 1.31. The molecule has 0 aromatic heterocycles. The predicted molar refractivity (Wildman–Crippen MR) is 37.7 cm³/mol. The molecule has 8 heavy (non-hydrogen) atoms. The van der Waals surface area contributed by atoms with E-state index in [1.54, 1.807) is 6.20 Å². The van der Waals surface area contributed by atoms with Crippen molar-refractivity contribution in [2.45, 2.75) is 20.3 Å². The summed E-state index contributed by atoms with van der Waals surface area (Å²) in [7, 11) is 0. The zero-order valence-electron chi connectivity index (χ0n) is 5.78. The Kier molecular flexibility index (Phi) is 4.42. The summed E-state index contributed by atoms with van der Waals surface area (Å²) in [6, 6.07) is 0. The van der Waals surface area contributed by atoms with Crippen molar-refractivity contribution in [3.63, 3.8) is 0 Å². The lowest BCUT2D eigenvalue weighted by molar-refractivity contribution is 0.540. The summed E-state index contributed by atoms with van der Waals surface area (Å²) in [5, 5.41) is 3.06. The molecule has 0 amide bonds. The van der Waals surface area contributed by atoms with Crippen molar-refractivity contribution >= 4 is 0 Å². The van der Waals surface area contributed by atoms with Crippen LogP contribution in [-0.4, -0.2) is 6.54 Å². The molecule has 1 N–H and O–H groups in total. The van der Waals surface area contributed by atoms with Crippen LogP contribution in [0.1, 0.15) is 20.3 Å². The maximum atomic E-state index is 3.56. The quantitative estimate of drug-likeness (QED) is 0.586. The zero-order chi connectivity index (χ0) is 6.41. The van der Waals surface area contributed by atoms with Crippen LogP contribution in [0.25, 0.3) is 0 Å². The van der Waals surface area contributed by atoms with Crippen LogP contribution in [0.4, 0.5) is 0 Å². The molecule has 0 aliphatic carbocycles. The van der Waals surface area contributed by atoms with Crippen LogP contribution in [0.3, 0.4) is 0 Å². The summed E-state index contributed by atoms with van der Waals surface area (Å²) in [6.07, 6.45) is 2.98. The van der Waals surface area contributed by atoms with Crippen LogP contribution >= 0.6 is 0 Å². The Morgan fingerprint density at radius 2 is 2.38 bits per heavy atom. The van der Waals surface area contributed by atoms with E-state index in [0.717, 1.165) is 12.5 Å². The fourth-order valence-electron chi connectivity index (χ4n) is 0.429. The molecule has 1 nitrogen and oxygen atoms in total. The van der Waals surface area contributed by atoms with E-state index in [0.29, 0.717) is 0 Å². The highest BCUT2D eigenvalue weighted by molar-refractivity contribution is 4.64. The summed E-state index contributed by atoms with van der Waals surface area (Å²) >= 11 is 0. The van der Waals surface area contributed by atoms with Gasteiger partial charge in [0.05, 0.1) is 0 Å². The van der Waals surface area contributed by atoms with Gasteiger partial charge in [-0.25, -0.2) is 0 Å². The molecule has 48 valence electrons. The first kappa shape index (κ1) is 7.54. The molecule has 0 aliphatic rings. The van der Waals surface area contributed by atoms with E-state index in [9.17, 15) is 0 Å². The molecular weight excluding hydrogens is 98.1 g/mol. The average Bonchev–Trinajstić information content (AvgIpc) is 1.83. The highest BCUT2D eigenvalue weighted by Gasteiger charge is 1.92. The Balaban J connectivity index is 2.97. The normalized spacial score (nSPS) is 12.8. The van der Waals surface area contributed by atoms with E-state index in [-0.39, 0.29) is 0 Å². The Bertz CT molecular complexity index is 59.4. The minimum atomic E-state index is 0.771. The number of rotatable bonds is 4. The van der Waals surface area contributed by atoms with E-state index in [1.807, 2.05) is 0 Å². The van der Waals surface area contributed by atoms with Gasteiger partial charge in [-0.1, -0.05) is 26.8 Å². The molecule has 0 radical (unpaired) electrons. The first-order chi connectivity index (χ1) is 3.81. The second-order valence-corrected chi connectivity index (χ2v) is 2.13. The largest absolute Gasteiger partial charge is 0.391 e. The molecule has 0 saturated carbocycles. The van der Waals surface area contributed by atoms with E-state index >= 15 is 0 Å². The van der Waals surface area contributed by atoms with Crippen molar-refractivity contribution in [3.05, 3.63) is 12.8 Å². The van der Waals surface area contributed by atoms with Gasteiger partial charge in [0.25, 0.3) is 0 Å². The van der Waals surface area contributed by atoms with Gasteiger partial charge in [0, 0.05) is 6.54 Å². The van der Waals surface area contributed by atoms with Gasteiger partial charge >= 0.3 is 0 Å². The third-order valence-corrected chi connectivity index (χ3v) is 1.31. The van der Waals surface area contributed by atoms with Crippen molar-refractivity contribution in [3.8, 4) is 0 Å². The molecular formula is C7H15N. The van der Waals surface area contributed by atoms with Gasteiger partial charge in [0.2, 0.25) is 0 Å². The zero-order valence-corrected chi connectivity index (χ0v) is 5.78. The van der Waals surface area contributed by atoms with E-state index in [2.05, 4.69) is 25.7 Å². The SMILES string of the molecule is C=CNCC(C)CC. The van der Waals surface area contributed by atoms with Crippen molar-refractivity contribution in [2.24, 2.45) is 5.92 Å². The molecule has 1 unspecified atom stereocenters. The molecule has 0 saturated heterocycles. The van der Waals surface area contributed by atoms with Crippen LogP contribution in [0, 0.1) is 5.92 Å². The van der Waals surface area contributed by atoms with Gasteiger partial charge in [0.15, 0.2) is 0 Å². The Morgan fingerprint density at radius 3 is 2.75 bits per heavy atom. The highest BCUT2D eigenvalue weighted by Crippen LogP contribution is 1.96. The lowest BCUT2D eigenvalue weighted by Gasteiger charge is -2.05. The van der Waals surface area contributed by atoms with Gasteiger partial charge in [-0.2, -0.15) is 0 Å². The molecule has 0 rings (SSSR count). The first-order valence-corrected chi connectivity index (χ1v) is 3.15. The summed E-state index contributed by atoms with van der Waals surface area (Å²) < 4.78 is 0. The van der Waals surface area contributed by atoms with Crippen molar-refractivity contribution in [1.82, 2.24) is 5.32 Å². The lowest BCUT2D eigenvalue weighted by Crippen LogP contribution is -2.13. The number of hydrogen-bond donors (Lipinski definition) is 1. The summed E-state index contributed by atoms with van der Waals surface area (Å²) in [6.45, 7) is 9.02. The van der Waals surface area contributed by atoms with Crippen LogP contribution in [-0.2, 0) is 0 Å². The molecule has 0 heterocycles. The van der Waals surface area contributed by atoms with Gasteiger partial charge in [-0.15, -0.1) is 0 Å². The molecule has 0 aromatic rings. The van der Waals surface area contributed by atoms with Gasteiger partial charge in [0.1, 0.15) is 0 Å². The van der Waals surface area contributed by atoms with E-state index in [4.69, 9.17) is 0 Å². The molecule has 0 aromatic carbocycles. The fourth-order valence-corrected chi connectivity index (χ4v) is 0.429. The average molecular weight is 113 g/mol. The monoisotopic (exact) mass is 113 g/mol. The maximum Gasteiger partial charge on any atom is 0.0166 e. The minimum Gasteiger partial charge on any atom is -0.391 e. The number of hydrogen-bond acceptors (Lipinski definition) is 1.